The van der Waals surface area contributed by atoms with Crippen molar-refractivity contribution in [1.29, 1.82) is 0 Å². The Morgan fingerprint density at radius 2 is 1.88 bits per heavy atom. The lowest BCUT2D eigenvalue weighted by Crippen LogP contribution is -2.38. The molecule has 1 aliphatic rings. The van der Waals surface area contributed by atoms with Gasteiger partial charge >= 0.3 is 6.03 Å². The number of halogens is 1. The standard InChI is InChI=1S/C25H25FN4O4/c1-33-22-15-18(26)5-6-21(22)16-7-10-27-23(14-16)30-25(32)29-20-4-2-3-17(13-20)24(31)28-19-8-11-34-12-9-19/h2-7,10,13-15,19H,8-9,11-12H2,1H3,(H,28,31)(H2,27,29,30,32). The molecule has 4 rings (SSSR count). The summed E-state index contributed by atoms with van der Waals surface area (Å²) < 4.78 is 24.1. The van der Waals surface area contributed by atoms with Gasteiger partial charge in [0.15, 0.2) is 0 Å². The number of anilines is 2. The first-order valence-corrected chi connectivity index (χ1v) is 10.9. The Morgan fingerprint density at radius 1 is 1.06 bits per heavy atom. The summed E-state index contributed by atoms with van der Waals surface area (Å²) in [6.45, 7) is 1.27. The highest BCUT2D eigenvalue weighted by atomic mass is 19.1. The SMILES string of the molecule is COc1cc(F)ccc1-c1ccnc(NC(=O)Nc2cccc(C(=O)NC3CCOCC3)c2)c1. The van der Waals surface area contributed by atoms with E-state index >= 15 is 0 Å². The van der Waals surface area contributed by atoms with Gasteiger partial charge in [-0.25, -0.2) is 14.2 Å². The molecule has 0 bridgehead atoms. The lowest BCUT2D eigenvalue weighted by atomic mass is 10.1. The molecule has 0 unspecified atom stereocenters. The molecule has 1 aliphatic heterocycles. The summed E-state index contributed by atoms with van der Waals surface area (Å²) in [7, 11) is 1.46. The van der Waals surface area contributed by atoms with Crippen molar-refractivity contribution in [3.63, 3.8) is 0 Å². The second-order valence-electron chi connectivity index (χ2n) is 7.79. The minimum Gasteiger partial charge on any atom is -0.496 e. The van der Waals surface area contributed by atoms with Crippen molar-refractivity contribution in [1.82, 2.24) is 10.3 Å². The lowest BCUT2D eigenvalue weighted by molar-refractivity contribution is 0.0696. The predicted molar refractivity (Wildman–Crippen MR) is 127 cm³/mol. The van der Waals surface area contributed by atoms with E-state index < -0.39 is 11.8 Å². The Hall–Kier alpha value is -3.98. The maximum atomic E-state index is 13.5. The van der Waals surface area contributed by atoms with E-state index in [1.54, 1.807) is 42.5 Å². The van der Waals surface area contributed by atoms with Gasteiger partial charge in [-0.2, -0.15) is 0 Å². The molecule has 34 heavy (non-hydrogen) atoms. The lowest BCUT2D eigenvalue weighted by Gasteiger charge is -2.23. The molecule has 1 saturated heterocycles. The van der Waals surface area contributed by atoms with Gasteiger partial charge in [0.1, 0.15) is 17.4 Å². The summed E-state index contributed by atoms with van der Waals surface area (Å²) in [5.41, 5.74) is 2.29. The largest absolute Gasteiger partial charge is 0.496 e. The minimum absolute atomic E-state index is 0.0826. The molecular weight excluding hydrogens is 439 g/mol. The maximum Gasteiger partial charge on any atom is 0.324 e. The first-order valence-electron chi connectivity index (χ1n) is 10.9. The van der Waals surface area contributed by atoms with Crippen LogP contribution in [0.2, 0.25) is 0 Å². The summed E-state index contributed by atoms with van der Waals surface area (Å²) in [4.78, 5) is 29.3. The smallest absolute Gasteiger partial charge is 0.324 e. The monoisotopic (exact) mass is 464 g/mol. The van der Waals surface area contributed by atoms with Crippen molar-refractivity contribution in [2.24, 2.45) is 0 Å². The van der Waals surface area contributed by atoms with Gasteiger partial charge in [-0.15, -0.1) is 0 Å². The molecule has 1 fully saturated rings. The Bertz CT molecular complexity index is 1180. The van der Waals surface area contributed by atoms with Crippen molar-refractivity contribution < 1.29 is 23.5 Å². The van der Waals surface area contributed by atoms with Gasteiger partial charge in [-0.05, 0) is 60.9 Å². The summed E-state index contributed by atoms with van der Waals surface area (Å²) in [5.74, 6) is 0.0712. The van der Waals surface area contributed by atoms with Crippen LogP contribution < -0.4 is 20.7 Å². The summed E-state index contributed by atoms with van der Waals surface area (Å²) in [6, 6.07) is 13.9. The zero-order chi connectivity index (χ0) is 23.9. The Morgan fingerprint density at radius 3 is 2.68 bits per heavy atom. The molecule has 3 aromatic rings. The highest BCUT2D eigenvalue weighted by molar-refractivity contribution is 6.01. The van der Waals surface area contributed by atoms with Crippen LogP contribution in [0.1, 0.15) is 23.2 Å². The normalized spacial score (nSPS) is 13.7. The van der Waals surface area contributed by atoms with E-state index in [-0.39, 0.29) is 11.9 Å². The molecule has 0 spiro atoms. The van der Waals surface area contributed by atoms with Crippen molar-refractivity contribution in [3.05, 3.63) is 72.2 Å². The molecule has 8 nitrogen and oxygen atoms in total. The van der Waals surface area contributed by atoms with Gasteiger partial charge in [0.25, 0.3) is 5.91 Å². The van der Waals surface area contributed by atoms with Gasteiger partial charge in [0.2, 0.25) is 0 Å². The minimum atomic E-state index is -0.516. The van der Waals surface area contributed by atoms with E-state index in [2.05, 4.69) is 20.9 Å². The van der Waals surface area contributed by atoms with Crippen LogP contribution in [0.25, 0.3) is 11.1 Å². The van der Waals surface area contributed by atoms with Crippen molar-refractivity contribution in [3.8, 4) is 16.9 Å². The molecule has 176 valence electrons. The van der Waals surface area contributed by atoms with Crippen LogP contribution in [0.5, 0.6) is 5.75 Å². The zero-order valence-electron chi connectivity index (χ0n) is 18.6. The van der Waals surface area contributed by atoms with Gasteiger partial charge in [-0.1, -0.05) is 6.07 Å². The van der Waals surface area contributed by atoms with Crippen LogP contribution in [0, 0.1) is 5.82 Å². The average molecular weight is 464 g/mol. The molecule has 0 aliphatic carbocycles. The van der Waals surface area contributed by atoms with Crippen LogP contribution in [-0.4, -0.2) is 43.3 Å². The highest BCUT2D eigenvalue weighted by Gasteiger charge is 2.17. The van der Waals surface area contributed by atoms with E-state index in [1.807, 2.05) is 0 Å². The third-order valence-electron chi connectivity index (χ3n) is 5.42. The molecule has 3 amide bonds. The number of carbonyl (C=O) groups is 2. The molecule has 0 saturated carbocycles. The third-order valence-corrected chi connectivity index (χ3v) is 5.42. The number of nitrogens with one attached hydrogen (secondary N) is 3. The number of aromatic nitrogens is 1. The number of nitrogens with zero attached hydrogens (tertiary/aromatic N) is 1. The zero-order valence-corrected chi connectivity index (χ0v) is 18.6. The van der Waals surface area contributed by atoms with E-state index in [9.17, 15) is 14.0 Å². The topological polar surface area (TPSA) is 102 Å². The first-order chi connectivity index (χ1) is 16.5. The number of methoxy groups -OCH3 is 1. The van der Waals surface area contributed by atoms with E-state index in [1.165, 1.54) is 25.4 Å². The Kier molecular flexibility index (Phi) is 7.34. The molecule has 0 atom stereocenters. The number of amides is 3. The molecule has 2 aromatic carbocycles. The van der Waals surface area contributed by atoms with Crippen LogP contribution in [0.3, 0.4) is 0 Å². The maximum absolute atomic E-state index is 13.5. The number of ether oxygens (including phenoxy) is 2. The fourth-order valence-corrected chi connectivity index (χ4v) is 3.70. The van der Waals surface area contributed by atoms with Crippen molar-refractivity contribution >= 4 is 23.4 Å². The van der Waals surface area contributed by atoms with Crippen LogP contribution in [-0.2, 0) is 4.74 Å². The number of rotatable bonds is 6. The molecular formula is C25H25FN4O4. The number of hydrogen-bond donors (Lipinski definition) is 3. The fourth-order valence-electron chi connectivity index (χ4n) is 3.70. The predicted octanol–water partition coefficient (Wildman–Crippen LogP) is 4.45. The van der Waals surface area contributed by atoms with E-state index in [4.69, 9.17) is 9.47 Å². The number of pyridine rings is 1. The molecule has 1 aromatic heterocycles. The number of benzene rings is 2. The Balaban J connectivity index is 1.41. The first kappa shape index (κ1) is 23.2. The van der Waals surface area contributed by atoms with Gasteiger partial charge in [0, 0.05) is 48.3 Å². The van der Waals surface area contributed by atoms with Crippen LogP contribution in [0.4, 0.5) is 20.7 Å². The summed E-state index contributed by atoms with van der Waals surface area (Å²) in [5, 5.41) is 8.39. The number of hydrogen-bond acceptors (Lipinski definition) is 5. The summed E-state index contributed by atoms with van der Waals surface area (Å²) in [6.07, 6.45) is 3.10. The van der Waals surface area contributed by atoms with Crippen molar-refractivity contribution in [2.45, 2.75) is 18.9 Å². The van der Waals surface area contributed by atoms with Crippen LogP contribution in [0.15, 0.2) is 60.8 Å². The van der Waals surface area contributed by atoms with Gasteiger partial charge < -0.3 is 20.1 Å². The van der Waals surface area contributed by atoms with E-state index in [0.717, 1.165) is 12.8 Å². The van der Waals surface area contributed by atoms with E-state index in [0.29, 0.717) is 47.2 Å². The Labute approximate surface area is 196 Å². The highest BCUT2D eigenvalue weighted by Crippen LogP contribution is 2.31. The second kappa shape index (κ2) is 10.8. The molecule has 2 heterocycles. The van der Waals surface area contributed by atoms with Crippen molar-refractivity contribution in [2.75, 3.05) is 31.0 Å². The van der Waals surface area contributed by atoms with Gasteiger partial charge in [-0.3, -0.25) is 10.1 Å². The fraction of sp³-hybridized carbons (Fsp3) is 0.240. The molecule has 3 N–H and O–H groups in total. The number of urea groups is 1. The quantitative estimate of drug-likeness (QED) is 0.500. The molecule has 0 radical (unpaired) electrons. The number of carbonyl (C=O) groups excluding carboxylic acids is 2. The third kappa shape index (κ3) is 5.87. The molecule has 9 heteroatoms. The second-order valence-corrected chi connectivity index (χ2v) is 7.79. The van der Waals surface area contributed by atoms with Gasteiger partial charge in [0.05, 0.1) is 7.11 Å². The average Bonchev–Trinajstić information content (AvgIpc) is 2.84. The van der Waals surface area contributed by atoms with Crippen LogP contribution >= 0.6 is 0 Å². The summed E-state index contributed by atoms with van der Waals surface area (Å²) >= 11 is 0.